The number of fused-ring (bicyclic) bond motifs is 1. The third-order valence-electron chi connectivity index (χ3n) is 7.31. The average Bonchev–Trinajstić information content (AvgIpc) is 2.96. The Kier molecular flexibility index (Phi) is 8.41. The zero-order valence-electron chi connectivity index (χ0n) is 22.3. The smallest absolute Gasteiger partial charge is 0.239 e. The number of aliphatic hydroxyl groups excluding tert-OH is 6. The van der Waals surface area contributed by atoms with E-state index >= 15 is 0 Å². The zero-order chi connectivity index (χ0) is 31.3. The lowest BCUT2D eigenvalue weighted by Gasteiger charge is -2.45. The molecule has 0 spiro atoms. The van der Waals surface area contributed by atoms with Gasteiger partial charge in [-0.15, -0.1) is 0 Å². The maximum absolute atomic E-state index is 13.7. The Morgan fingerprint density at radius 2 is 1.51 bits per heavy atom. The van der Waals surface area contributed by atoms with Gasteiger partial charge in [-0.25, -0.2) is 0 Å². The highest BCUT2D eigenvalue weighted by molar-refractivity contribution is 5.88. The number of phenols is 4. The molecule has 2 saturated heterocycles. The fourth-order valence-corrected chi connectivity index (χ4v) is 4.92. The molecule has 3 aromatic rings. The molecule has 16 heteroatoms. The van der Waals surface area contributed by atoms with Gasteiger partial charge in [-0.3, -0.25) is 4.79 Å². The van der Waals surface area contributed by atoms with E-state index in [1.54, 1.807) is 0 Å². The van der Waals surface area contributed by atoms with Gasteiger partial charge in [0.15, 0.2) is 29.7 Å². The molecule has 0 saturated carbocycles. The van der Waals surface area contributed by atoms with E-state index in [4.69, 9.17) is 23.4 Å². The van der Waals surface area contributed by atoms with Crippen LogP contribution in [0, 0.1) is 0 Å². The van der Waals surface area contributed by atoms with E-state index in [9.17, 15) is 55.9 Å². The molecular weight excluding hydrogens is 580 g/mol. The minimum Gasteiger partial charge on any atom is -0.508 e. The normalized spacial score (nSPS) is 33.0. The minimum absolute atomic E-state index is 0.0250. The van der Waals surface area contributed by atoms with Crippen LogP contribution >= 0.6 is 0 Å². The van der Waals surface area contributed by atoms with Crippen LogP contribution in [0.3, 0.4) is 0 Å². The van der Waals surface area contributed by atoms with Gasteiger partial charge in [0.2, 0.25) is 17.5 Å². The Hall–Kier alpha value is -3.71. The molecule has 1 aromatic heterocycles. The van der Waals surface area contributed by atoms with Gasteiger partial charge in [-0.05, 0) is 25.1 Å². The van der Waals surface area contributed by atoms with Gasteiger partial charge in [0, 0.05) is 17.7 Å². The number of rotatable bonds is 6. The van der Waals surface area contributed by atoms with Crippen molar-refractivity contribution in [3.63, 3.8) is 0 Å². The van der Waals surface area contributed by atoms with Crippen molar-refractivity contribution >= 4 is 11.0 Å². The van der Waals surface area contributed by atoms with Crippen molar-refractivity contribution in [3.05, 3.63) is 40.6 Å². The largest absolute Gasteiger partial charge is 0.508 e. The zero-order valence-corrected chi connectivity index (χ0v) is 22.3. The molecule has 2 fully saturated rings. The van der Waals surface area contributed by atoms with Crippen molar-refractivity contribution in [2.45, 2.75) is 68.3 Å². The predicted molar refractivity (Wildman–Crippen MR) is 140 cm³/mol. The number of hydrogen-bond donors (Lipinski definition) is 10. The molecule has 2 aliphatic rings. The van der Waals surface area contributed by atoms with Crippen LogP contribution in [-0.2, 0) is 14.2 Å². The van der Waals surface area contributed by atoms with Gasteiger partial charge in [0.1, 0.15) is 59.1 Å². The van der Waals surface area contributed by atoms with E-state index in [-0.39, 0.29) is 16.9 Å². The fourth-order valence-electron chi connectivity index (χ4n) is 4.92. The van der Waals surface area contributed by atoms with Crippen LogP contribution in [0.4, 0.5) is 0 Å². The second kappa shape index (κ2) is 11.8. The molecule has 3 heterocycles. The summed E-state index contributed by atoms with van der Waals surface area (Å²) in [5.74, 6) is -3.29. The number of ether oxygens (including phenoxy) is 4. The predicted octanol–water partition coefficient (Wildman–Crippen LogP) is -1.69. The fraction of sp³-hybridized carbons (Fsp3) is 0.444. The summed E-state index contributed by atoms with van der Waals surface area (Å²) < 4.78 is 28.3. The van der Waals surface area contributed by atoms with Gasteiger partial charge in [0.05, 0.1) is 12.7 Å². The van der Waals surface area contributed by atoms with Crippen molar-refractivity contribution in [3.8, 4) is 40.1 Å². The molecule has 2 aromatic carbocycles. The summed E-state index contributed by atoms with van der Waals surface area (Å²) in [6.07, 6.45) is -16.8. The van der Waals surface area contributed by atoms with Gasteiger partial charge in [-0.2, -0.15) is 0 Å². The monoisotopic (exact) mass is 610 g/mol. The van der Waals surface area contributed by atoms with E-state index in [0.717, 1.165) is 24.3 Å². The van der Waals surface area contributed by atoms with Crippen LogP contribution in [0.2, 0.25) is 0 Å². The van der Waals surface area contributed by atoms with Crippen LogP contribution < -0.4 is 10.2 Å². The molecule has 234 valence electrons. The SMILES string of the molecule is C[C@@H]1O[C@@H](Oc2c(-c3ccc(O)c(O)c3)oc3cc(O)cc(O)c3c2=O)[C@@H](O[C@@H]2O[C@H](CO)[C@H](O)[C@H](O)[C@H]2O)[C@H](O)[C@H]1O. The van der Waals surface area contributed by atoms with Crippen molar-refractivity contribution in [1.82, 2.24) is 0 Å². The molecule has 10 N–H and O–H groups in total. The van der Waals surface area contributed by atoms with E-state index < -0.39 is 108 Å². The van der Waals surface area contributed by atoms with Crippen molar-refractivity contribution in [2.24, 2.45) is 0 Å². The topological polar surface area (TPSA) is 269 Å². The minimum atomic E-state index is -1.91. The Balaban J connectivity index is 1.60. The second-order valence-electron chi connectivity index (χ2n) is 10.2. The summed E-state index contributed by atoms with van der Waals surface area (Å²) in [6.45, 7) is 0.582. The molecule has 43 heavy (non-hydrogen) atoms. The number of aliphatic hydroxyl groups is 6. The van der Waals surface area contributed by atoms with Crippen molar-refractivity contribution in [2.75, 3.05) is 6.61 Å². The molecule has 0 bridgehead atoms. The Morgan fingerprint density at radius 1 is 0.791 bits per heavy atom. The highest BCUT2D eigenvalue weighted by Gasteiger charge is 2.51. The van der Waals surface area contributed by atoms with Crippen LogP contribution in [-0.4, -0.2) is 119 Å². The maximum Gasteiger partial charge on any atom is 0.239 e. The van der Waals surface area contributed by atoms with Gasteiger partial charge >= 0.3 is 0 Å². The lowest BCUT2D eigenvalue weighted by atomic mass is 9.97. The Morgan fingerprint density at radius 3 is 2.19 bits per heavy atom. The van der Waals surface area contributed by atoms with Crippen LogP contribution in [0.1, 0.15) is 6.92 Å². The van der Waals surface area contributed by atoms with E-state index in [1.807, 2.05) is 0 Å². The molecule has 0 aliphatic carbocycles. The second-order valence-corrected chi connectivity index (χ2v) is 10.2. The molecule has 16 nitrogen and oxygen atoms in total. The number of benzene rings is 2. The standard InChI is InChI=1S/C27H30O16/c1-8-17(33)21(37)25(43-26-22(38)20(36)18(34)15(7-28)41-26)27(39-8)42-24-19(35)16-13(32)5-10(29)6-14(16)40-23(24)9-2-3-11(30)12(31)4-9/h2-6,8,15,17-18,20-22,25-34,36-38H,7H2,1H3/t8-,15+,17-,18-,20-,21+,22+,25-,26-,27-/m0/s1. The average molecular weight is 611 g/mol. The first-order valence-corrected chi connectivity index (χ1v) is 13.0. The van der Waals surface area contributed by atoms with Crippen molar-refractivity contribution in [1.29, 1.82) is 0 Å². The number of phenolic OH excluding ortho intramolecular Hbond substituents is 4. The summed E-state index contributed by atoms with van der Waals surface area (Å²) in [7, 11) is 0. The lowest BCUT2D eigenvalue weighted by Crippen LogP contribution is -2.64. The third-order valence-corrected chi connectivity index (χ3v) is 7.31. The highest BCUT2D eigenvalue weighted by atomic mass is 16.8. The summed E-state index contributed by atoms with van der Waals surface area (Å²) in [5, 5.41) is 101. The lowest BCUT2D eigenvalue weighted by molar-refractivity contribution is -0.355. The van der Waals surface area contributed by atoms with Crippen LogP contribution in [0.25, 0.3) is 22.3 Å². The summed E-state index contributed by atoms with van der Waals surface area (Å²) >= 11 is 0. The van der Waals surface area contributed by atoms with E-state index in [0.29, 0.717) is 0 Å². The quantitative estimate of drug-likeness (QED) is 0.140. The molecule has 2 aliphatic heterocycles. The molecule has 5 rings (SSSR count). The highest BCUT2D eigenvalue weighted by Crippen LogP contribution is 2.40. The molecular formula is C27H30O16. The Labute approximate surface area is 241 Å². The molecule has 0 unspecified atom stereocenters. The molecule has 0 amide bonds. The van der Waals surface area contributed by atoms with Gasteiger partial charge in [-0.1, -0.05) is 0 Å². The third kappa shape index (κ3) is 5.55. The van der Waals surface area contributed by atoms with Gasteiger partial charge in [0.25, 0.3) is 0 Å². The first-order valence-electron chi connectivity index (χ1n) is 13.0. The van der Waals surface area contributed by atoms with Crippen LogP contribution in [0.15, 0.2) is 39.5 Å². The summed E-state index contributed by atoms with van der Waals surface area (Å²) in [4.78, 5) is 13.7. The van der Waals surface area contributed by atoms with E-state index in [2.05, 4.69) is 0 Å². The van der Waals surface area contributed by atoms with E-state index in [1.165, 1.54) is 13.0 Å². The maximum atomic E-state index is 13.7. The Bertz CT molecular complexity index is 1540. The molecule has 10 atom stereocenters. The summed E-state index contributed by atoms with van der Waals surface area (Å²) in [5.41, 5.74) is -1.33. The molecule has 0 radical (unpaired) electrons. The first-order chi connectivity index (χ1) is 20.3. The van der Waals surface area contributed by atoms with Gasteiger partial charge < -0.3 is 74.4 Å². The first kappa shape index (κ1) is 30.7. The summed E-state index contributed by atoms with van der Waals surface area (Å²) in [6, 6.07) is 5.27. The number of aromatic hydroxyl groups is 4. The van der Waals surface area contributed by atoms with Crippen molar-refractivity contribution < 1.29 is 74.4 Å². The van der Waals surface area contributed by atoms with Crippen LogP contribution in [0.5, 0.6) is 28.7 Å². The number of hydrogen-bond acceptors (Lipinski definition) is 16.